The van der Waals surface area contributed by atoms with Gasteiger partial charge < -0.3 is 10.6 Å². The molecule has 3 heterocycles. The Morgan fingerprint density at radius 2 is 2.00 bits per heavy atom. The number of hydrogen-bond acceptors (Lipinski definition) is 6. The number of nitrogens with one attached hydrogen (secondary N) is 2. The van der Waals surface area contributed by atoms with Crippen molar-refractivity contribution >= 4 is 39.0 Å². The third-order valence-electron chi connectivity index (χ3n) is 5.08. The van der Waals surface area contributed by atoms with E-state index in [2.05, 4.69) is 38.5 Å². The van der Waals surface area contributed by atoms with Crippen LogP contribution in [0.3, 0.4) is 0 Å². The zero-order valence-corrected chi connectivity index (χ0v) is 16.8. The van der Waals surface area contributed by atoms with Gasteiger partial charge in [0.1, 0.15) is 17.0 Å². The summed E-state index contributed by atoms with van der Waals surface area (Å²) in [6.07, 6.45) is 4.65. The molecule has 6 nitrogen and oxygen atoms in total. The van der Waals surface area contributed by atoms with Gasteiger partial charge in [-0.1, -0.05) is 25.1 Å². The minimum absolute atomic E-state index is 0.0421. The Morgan fingerprint density at radius 1 is 1.21 bits per heavy atom. The van der Waals surface area contributed by atoms with Crippen LogP contribution in [0.5, 0.6) is 0 Å². The number of rotatable bonds is 6. The highest BCUT2D eigenvalue weighted by Gasteiger charge is 2.22. The minimum atomic E-state index is 0.0421. The molecule has 0 spiro atoms. The molecule has 0 aliphatic carbocycles. The average molecular weight is 396 g/mol. The molecule has 1 aliphatic rings. The molecule has 1 amide bonds. The van der Waals surface area contributed by atoms with E-state index in [4.69, 9.17) is 0 Å². The largest absolute Gasteiger partial charge is 0.367 e. The number of likely N-dealkylation sites (tertiary alicyclic amines) is 1. The molecule has 2 N–H and O–H groups in total. The maximum Gasteiger partial charge on any atom is 0.238 e. The van der Waals surface area contributed by atoms with E-state index in [0.29, 0.717) is 12.6 Å². The lowest BCUT2D eigenvalue weighted by atomic mass is 10.0. The van der Waals surface area contributed by atoms with Crippen molar-refractivity contribution in [3.8, 4) is 0 Å². The third kappa shape index (κ3) is 4.48. The van der Waals surface area contributed by atoms with E-state index in [1.54, 1.807) is 17.7 Å². The number of thiophene rings is 1. The second kappa shape index (κ2) is 8.67. The van der Waals surface area contributed by atoms with E-state index >= 15 is 0 Å². The molecule has 0 bridgehead atoms. The molecule has 1 aromatic carbocycles. The topological polar surface area (TPSA) is 70.2 Å². The fourth-order valence-corrected chi connectivity index (χ4v) is 4.48. The van der Waals surface area contributed by atoms with Crippen LogP contribution in [0.2, 0.25) is 0 Å². The van der Waals surface area contributed by atoms with Crippen molar-refractivity contribution in [1.82, 2.24) is 14.9 Å². The number of aryl methyl sites for hydroxylation is 1. The van der Waals surface area contributed by atoms with Crippen LogP contribution < -0.4 is 10.6 Å². The van der Waals surface area contributed by atoms with Gasteiger partial charge in [-0.2, -0.15) is 0 Å². The van der Waals surface area contributed by atoms with Crippen molar-refractivity contribution in [2.45, 2.75) is 32.2 Å². The summed E-state index contributed by atoms with van der Waals surface area (Å²) < 4.78 is 0. The van der Waals surface area contributed by atoms with Crippen molar-refractivity contribution in [2.24, 2.45) is 0 Å². The van der Waals surface area contributed by atoms with Gasteiger partial charge in [-0.3, -0.25) is 9.69 Å². The third-order valence-corrected chi connectivity index (χ3v) is 6.27. The van der Waals surface area contributed by atoms with Crippen molar-refractivity contribution < 1.29 is 4.79 Å². The fourth-order valence-electron chi connectivity index (χ4n) is 3.55. The summed E-state index contributed by atoms with van der Waals surface area (Å²) in [6.45, 7) is 4.40. The summed E-state index contributed by atoms with van der Waals surface area (Å²) in [6, 6.07) is 12.2. The Hall–Kier alpha value is -2.51. The van der Waals surface area contributed by atoms with Gasteiger partial charge in [0.15, 0.2) is 0 Å². The molecule has 2 aromatic heterocycles. The maximum atomic E-state index is 12.2. The second-order valence-electron chi connectivity index (χ2n) is 7.12. The zero-order valence-electron chi connectivity index (χ0n) is 16.0. The molecule has 146 valence electrons. The number of piperidine rings is 1. The molecule has 0 saturated carbocycles. The Labute approximate surface area is 169 Å². The molecule has 0 unspecified atom stereocenters. The lowest BCUT2D eigenvalue weighted by molar-refractivity contribution is -0.117. The smallest absolute Gasteiger partial charge is 0.238 e. The fraction of sp³-hybridized carbons (Fsp3) is 0.381. The van der Waals surface area contributed by atoms with Crippen LogP contribution in [0.1, 0.15) is 24.6 Å². The number of carbonyl (C=O) groups is 1. The van der Waals surface area contributed by atoms with E-state index in [1.807, 2.05) is 30.3 Å². The van der Waals surface area contributed by atoms with E-state index in [1.165, 1.54) is 4.88 Å². The first kappa shape index (κ1) is 18.8. The van der Waals surface area contributed by atoms with E-state index in [9.17, 15) is 4.79 Å². The number of aromatic nitrogens is 2. The van der Waals surface area contributed by atoms with Crippen LogP contribution in [-0.4, -0.2) is 46.5 Å². The zero-order chi connectivity index (χ0) is 19.3. The molecule has 1 saturated heterocycles. The second-order valence-corrected chi connectivity index (χ2v) is 8.23. The molecule has 0 radical (unpaired) electrons. The first-order valence-electron chi connectivity index (χ1n) is 9.78. The quantitative estimate of drug-likeness (QED) is 0.665. The van der Waals surface area contributed by atoms with Crippen LogP contribution in [0.25, 0.3) is 10.2 Å². The number of fused-ring (bicyclic) bond motifs is 1. The van der Waals surface area contributed by atoms with Crippen LogP contribution in [-0.2, 0) is 11.2 Å². The SMILES string of the molecule is CCc1cc2c(NC3CCN(CC(=O)Nc4ccccc4)CC3)ncnc2s1. The number of amides is 1. The Kier molecular flexibility index (Phi) is 5.83. The van der Waals surface area contributed by atoms with Gasteiger partial charge in [-0.05, 0) is 37.5 Å². The highest BCUT2D eigenvalue weighted by Crippen LogP contribution is 2.29. The number of benzene rings is 1. The average Bonchev–Trinajstić information content (AvgIpc) is 3.15. The number of hydrogen-bond donors (Lipinski definition) is 2. The summed E-state index contributed by atoms with van der Waals surface area (Å²) in [5.74, 6) is 0.974. The molecule has 4 rings (SSSR count). The number of para-hydroxylation sites is 1. The summed E-state index contributed by atoms with van der Waals surface area (Å²) >= 11 is 1.74. The molecule has 28 heavy (non-hydrogen) atoms. The predicted octanol–water partition coefficient (Wildman–Crippen LogP) is 3.77. The highest BCUT2D eigenvalue weighted by molar-refractivity contribution is 7.18. The minimum Gasteiger partial charge on any atom is -0.367 e. The van der Waals surface area contributed by atoms with Crippen LogP contribution >= 0.6 is 11.3 Å². The van der Waals surface area contributed by atoms with E-state index in [-0.39, 0.29) is 5.91 Å². The first-order valence-corrected chi connectivity index (χ1v) is 10.6. The standard InChI is InChI=1S/C21H25N5OS/c1-2-17-12-18-20(22-14-23-21(18)28-17)25-16-8-10-26(11-9-16)13-19(27)24-15-6-4-3-5-7-15/h3-7,12,14,16H,2,8-11,13H2,1H3,(H,24,27)(H,22,23,25). The lowest BCUT2D eigenvalue weighted by Crippen LogP contribution is -2.42. The molecule has 0 atom stereocenters. The van der Waals surface area contributed by atoms with Crippen molar-refractivity contribution in [3.63, 3.8) is 0 Å². The Morgan fingerprint density at radius 3 is 2.75 bits per heavy atom. The number of anilines is 2. The van der Waals surface area contributed by atoms with Crippen LogP contribution in [0.15, 0.2) is 42.7 Å². The predicted molar refractivity (Wildman–Crippen MR) is 115 cm³/mol. The van der Waals surface area contributed by atoms with Crippen LogP contribution in [0, 0.1) is 0 Å². The highest BCUT2D eigenvalue weighted by atomic mass is 32.1. The summed E-state index contributed by atoms with van der Waals surface area (Å²) in [7, 11) is 0. The maximum absolute atomic E-state index is 12.2. The van der Waals surface area contributed by atoms with Crippen molar-refractivity contribution in [2.75, 3.05) is 30.3 Å². The number of carbonyl (C=O) groups excluding carboxylic acids is 1. The van der Waals surface area contributed by atoms with Crippen LogP contribution in [0.4, 0.5) is 11.5 Å². The summed E-state index contributed by atoms with van der Waals surface area (Å²) in [5.41, 5.74) is 0.846. The normalized spacial score (nSPS) is 15.6. The summed E-state index contributed by atoms with van der Waals surface area (Å²) in [5, 5.41) is 7.68. The van der Waals surface area contributed by atoms with Crippen molar-refractivity contribution in [1.29, 1.82) is 0 Å². The van der Waals surface area contributed by atoms with Crippen molar-refractivity contribution in [3.05, 3.63) is 47.6 Å². The van der Waals surface area contributed by atoms with Gasteiger partial charge in [-0.15, -0.1) is 11.3 Å². The molecular weight excluding hydrogens is 370 g/mol. The van der Waals surface area contributed by atoms with E-state index < -0.39 is 0 Å². The van der Waals surface area contributed by atoms with Gasteiger partial charge in [0, 0.05) is 29.7 Å². The molecule has 7 heteroatoms. The first-order chi connectivity index (χ1) is 13.7. The molecule has 3 aromatic rings. The lowest BCUT2D eigenvalue weighted by Gasteiger charge is -2.32. The number of nitrogens with zero attached hydrogens (tertiary/aromatic N) is 3. The van der Waals surface area contributed by atoms with Gasteiger partial charge >= 0.3 is 0 Å². The molecule has 1 aliphatic heterocycles. The monoisotopic (exact) mass is 395 g/mol. The van der Waals surface area contributed by atoms with E-state index in [0.717, 1.165) is 54.1 Å². The molecular formula is C21H25N5OS. The van der Waals surface area contributed by atoms with Gasteiger partial charge in [0.05, 0.1) is 11.9 Å². The molecule has 1 fully saturated rings. The Bertz CT molecular complexity index is 934. The van der Waals surface area contributed by atoms with Gasteiger partial charge in [-0.25, -0.2) is 9.97 Å². The Balaban J connectivity index is 1.30. The van der Waals surface area contributed by atoms with Gasteiger partial charge in [0.25, 0.3) is 0 Å². The summed E-state index contributed by atoms with van der Waals surface area (Å²) in [4.78, 5) is 25.7. The van der Waals surface area contributed by atoms with Gasteiger partial charge in [0.2, 0.25) is 5.91 Å².